The zero-order valence-electron chi connectivity index (χ0n) is 19.2. The van der Waals surface area contributed by atoms with E-state index >= 15 is 0 Å². The van der Waals surface area contributed by atoms with Crippen molar-refractivity contribution in [3.05, 3.63) is 65.4 Å². The number of hydrogen-bond acceptors (Lipinski definition) is 7. The fraction of sp³-hybridized carbons (Fsp3) is 0.400. The maximum Gasteiger partial charge on any atom is 0.134 e. The minimum absolute atomic E-state index is 0.0850. The Balaban J connectivity index is 1.59. The molecule has 0 bridgehead atoms. The summed E-state index contributed by atoms with van der Waals surface area (Å²) in [6, 6.07) is 12.3. The lowest BCUT2D eigenvalue weighted by atomic mass is 9.84. The molecule has 0 saturated heterocycles. The second-order valence-electron chi connectivity index (χ2n) is 9.21. The van der Waals surface area contributed by atoms with Gasteiger partial charge in [0.05, 0.1) is 17.7 Å². The summed E-state index contributed by atoms with van der Waals surface area (Å²) in [5.41, 5.74) is 14.9. The van der Waals surface area contributed by atoms with Gasteiger partial charge in [0.1, 0.15) is 22.6 Å². The van der Waals surface area contributed by atoms with Crippen molar-refractivity contribution in [3.8, 4) is 11.3 Å². The van der Waals surface area contributed by atoms with Crippen molar-refractivity contribution in [2.24, 2.45) is 11.6 Å². The van der Waals surface area contributed by atoms with Crippen molar-refractivity contribution in [3.63, 3.8) is 0 Å². The molecule has 8 heteroatoms. The number of benzene rings is 1. The third-order valence-corrected chi connectivity index (χ3v) is 6.59. The van der Waals surface area contributed by atoms with Crippen LogP contribution in [0.3, 0.4) is 0 Å². The lowest BCUT2D eigenvalue weighted by Gasteiger charge is -2.27. The number of nitrogens with one attached hydrogen (secondary N) is 1. The second kappa shape index (κ2) is 8.96. The highest BCUT2D eigenvalue weighted by molar-refractivity contribution is 5.81. The van der Waals surface area contributed by atoms with Gasteiger partial charge in [0.2, 0.25) is 0 Å². The first-order chi connectivity index (χ1) is 16.0. The summed E-state index contributed by atoms with van der Waals surface area (Å²) in [6.45, 7) is 4.23. The van der Waals surface area contributed by atoms with E-state index in [4.69, 9.17) is 31.1 Å². The first-order valence-electron chi connectivity index (χ1n) is 11.7. The Labute approximate surface area is 193 Å². The zero-order chi connectivity index (χ0) is 22.9. The highest BCUT2D eigenvalue weighted by atomic mass is 16.3. The Hall–Kier alpha value is -3.23. The van der Waals surface area contributed by atoms with E-state index in [2.05, 4.69) is 43.6 Å². The molecular formula is C25H31N7O. The summed E-state index contributed by atoms with van der Waals surface area (Å²) in [7, 11) is 0. The topological polar surface area (TPSA) is 121 Å². The van der Waals surface area contributed by atoms with Gasteiger partial charge in [0.15, 0.2) is 0 Å². The van der Waals surface area contributed by atoms with E-state index in [-0.39, 0.29) is 17.9 Å². The number of hydrazine groups is 1. The van der Waals surface area contributed by atoms with Gasteiger partial charge in [-0.1, -0.05) is 51.0 Å². The molecule has 1 saturated carbocycles. The molecule has 0 aliphatic heterocycles. The Morgan fingerprint density at radius 3 is 2.58 bits per heavy atom. The minimum Gasteiger partial charge on any atom is -0.464 e. The van der Waals surface area contributed by atoms with Crippen LogP contribution in [0.15, 0.2) is 47.1 Å². The van der Waals surface area contributed by atoms with Crippen LogP contribution in [0.5, 0.6) is 0 Å². The van der Waals surface area contributed by atoms with Crippen molar-refractivity contribution in [1.82, 2.24) is 19.9 Å². The molecule has 1 fully saturated rings. The van der Waals surface area contributed by atoms with E-state index in [0.717, 1.165) is 64.4 Å². The van der Waals surface area contributed by atoms with Crippen LogP contribution in [-0.2, 0) is 6.42 Å². The number of furan rings is 1. The van der Waals surface area contributed by atoms with E-state index < -0.39 is 0 Å². The van der Waals surface area contributed by atoms with Gasteiger partial charge in [-0.15, -0.1) is 0 Å². The third kappa shape index (κ3) is 4.12. The highest BCUT2D eigenvalue weighted by Gasteiger charge is 2.29. The standard InChI is InChI=1S/C25H31N7O/c1-15(2)22-23-24(32(30-22)31-27)20(28-25(29-23)18-6-3-4-7-19(18)26)14-16-9-11-17(12-10-16)21-8-5-13-33-21/h5,8-13,15,18-19,31H,3-4,6-7,14,26-27H2,1-2H3/t18-,19-/m1/s1. The fourth-order valence-electron chi connectivity index (χ4n) is 4.80. The van der Waals surface area contributed by atoms with Gasteiger partial charge in [0.25, 0.3) is 0 Å². The molecule has 1 aromatic carbocycles. The lowest BCUT2D eigenvalue weighted by molar-refractivity contribution is 0.373. The SMILES string of the molecule is CC(C)c1nn(NN)c2c(Cc3ccc(-c4ccco4)cc3)nc([C@@H]3CCCC[C@H]3N)nc12. The number of aromatic nitrogens is 4. The van der Waals surface area contributed by atoms with Gasteiger partial charge in [0, 0.05) is 23.9 Å². The number of rotatable bonds is 6. The summed E-state index contributed by atoms with van der Waals surface area (Å²) < 4.78 is 5.52. The maximum atomic E-state index is 6.51. The Kier molecular flexibility index (Phi) is 5.86. The van der Waals surface area contributed by atoms with E-state index in [1.165, 1.54) is 6.42 Å². The van der Waals surface area contributed by atoms with Crippen LogP contribution in [0.25, 0.3) is 22.4 Å². The first-order valence-corrected chi connectivity index (χ1v) is 11.7. The van der Waals surface area contributed by atoms with Crippen LogP contribution in [0.4, 0.5) is 0 Å². The Morgan fingerprint density at radius 1 is 1.12 bits per heavy atom. The quantitative estimate of drug-likeness (QED) is 0.300. The predicted molar refractivity (Wildman–Crippen MR) is 129 cm³/mol. The van der Waals surface area contributed by atoms with Crippen LogP contribution in [0.2, 0.25) is 0 Å². The summed E-state index contributed by atoms with van der Waals surface area (Å²) >= 11 is 0. The van der Waals surface area contributed by atoms with Crippen molar-refractivity contribution < 1.29 is 4.42 Å². The van der Waals surface area contributed by atoms with Gasteiger partial charge in [-0.3, -0.25) is 0 Å². The molecule has 0 unspecified atom stereocenters. The molecule has 172 valence electrons. The maximum absolute atomic E-state index is 6.51. The molecule has 1 aliphatic carbocycles. The van der Waals surface area contributed by atoms with Crippen molar-refractivity contribution >= 4 is 11.0 Å². The van der Waals surface area contributed by atoms with Gasteiger partial charge in [-0.25, -0.2) is 21.3 Å². The molecule has 5 N–H and O–H groups in total. The Bertz CT molecular complexity index is 1230. The predicted octanol–water partition coefficient (Wildman–Crippen LogP) is 4.20. The zero-order valence-corrected chi connectivity index (χ0v) is 19.2. The second-order valence-corrected chi connectivity index (χ2v) is 9.21. The van der Waals surface area contributed by atoms with Gasteiger partial charge < -0.3 is 10.2 Å². The van der Waals surface area contributed by atoms with Crippen molar-refractivity contribution in [2.45, 2.75) is 63.8 Å². The van der Waals surface area contributed by atoms with E-state index in [0.29, 0.717) is 6.42 Å². The lowest BCUT2D eigenvalue weighted by Crippen LogP contribution is -2.32. The monoisotopic (exact) mass is 445 g/mol. The van der Waals surface area contributed by atoms with Crippen LogP contribution < -0.4 is 17.1 Å². The normalized spacial score (nSPS) is 18.8. The Morgan fingerprint density at radius 2 is 1.91 bits per heavy atom. The summed E-state index contributed by atoms with van der Waals surface area (Å²) in [5.74, 6) is 7.88. The number of hydrogen-bond donors (Lipinski definition) is 3. The number of nitrogens with two attached hydrogens (primary N) is 2. The fourth-order valence-corrected chi connectivity index (χ4v) is 4.80. The van der Waals surface area contributed by atoms with Gasteiger partial charge in [-0.05, 0) is 36.5 Å². The van der Waals surface area contributed by atoms with Crippen LogP contribution in [0, 0.1) is 0 Å². The number of nitrogen functional groups attached to an aromatic ring is 1. The summed E-state index contributed by atoms with van der Waals surface area (Å²) in [6.07, 6.45) is 6.68. The van der Waals surface area contributed by atoms with E-state index in [9.17, 15) is 0 Å². The summed E-state index contributed by atoms with van der Waals surface area (Å²) in [5, 5.41) is 4.70. The summed E-state index contributed by atoms with van der Waals surface area (Å²) in [4.78, 5) is 11.7. The third-order valence-electron chi connectivity index (χ3n) is 6.59. The molecule has 33 heavy (non-hydrogen) atoms. The van der Waals surface area contributed by atoms with Gasteiger partial charge >= 0.3 is 0 Å². The van der Waals surface area contributed by atoms with Crippen LogP contribution in [-0.4, -0.2) is 25.9 Å². The van der Waals surface area contributed by atoms with Gasteiger partial charge in [-0.2, -0.15) is 9.89 Å². The average Bonchev–Trinajstić information content (AvgIpc) is 3.48. The molecule has 0 spiro atoms. The molecule has 1 aliphatic rings. The first kappa shape index (κ1) is 21.6. The number of nitrogens with zero attached hydrogens (tertiary/aromatic N) is 4. The molecule has 0 amide bonds. The van der Waals surface area contributed by atoms with Crippen LogP contribution >= 0.6 is 0 Å². The molecule has 3 heterocycles. The molecule has 4 aromatic rings. The van der Waals surface area contributed by atoms with E-state index in [1.54, 1.807) is 11.1 Å². The largest absolute Gasteiger partial charge is 0.464 e. The highest BCUT2D eigenvalue weighted by Crippen LogP contribution is 2.33. The minimum atomic E-state index is 0.0850. The molecular weight excluding hydrogens is 414 g/mol. The molecule has 3 aromatic heterocycles. The van der Waals surface area contributed by atoms with Crippen molar-refractivity contribution in [2.75, 3.05) is 5.53 Å². The molecule has 8 nitrogen and oxygen atoms in total. The van der Waals surface area contributed by atoms with Crippen LogP contribution in [0.1, 0.15) is 74.1 Å². The molecule has 0 radical (unpaired) electrons. The number of fused-ring (bicyclic) bond motifs is 1. The molecule has 2 atom stereocenters. The van der Waals surface area contributed by atoms with Crippen molar-refractivity contribution in [1.29, 1.82) is 0 Å². The smallest absolute Gasteiger partial charge is 0.134 e. The van der Waals surface area contributed by atoms with E-state index in [1.807, 2.05) is 12.1 Å². The average molecular weight is 446 g/mol. The molecule has 5 rings (SSSR count).